The van der Waals surface area contributed by atoms with Crippen LogP contribution in [0.25, 0.3) is 10.9 Å². The normalized spacial score (nSPS) is 10.8. The summed E-state index contributed by atoms with van der Waals surface area (Å²) in [6.45, 7) is 0.675. The van der Waals surface area contributed by atoms with Gasteiger partial charge in [0.25, 0.3) is 11.5 Å². The monoisotopic (exact) mass is 404 g/mol. The number of fused-ring (bicyclic) bond motifs is 1. The predicted molar refractivity (Wildman–Crippen MR) is 115 cm³/mol. The van der Waals surface area contributed by atoms with Gasteiger partial charge in [-0.2, -0.15) is 0 Å². The van der Waals surface area contributed by atoms with Gasteiger partial charge in [-0.15, -0.1) is 11.3 Å². The summed E-state index contributed by atoms with van der Waals surface area (Å²) in [5.74, 6) is 0.577. The van der Waals surface area contributed by atoms with Gasteiger partial charge in [-0.3, -0.25) is 9.59 Å². The molecular weight excluding hydrogens is 384 g/mol. The zero-order valence-electron chi connectivity index (χ0n) is 15.9. The summed E-state index contributed by atoms with van der Waals surface area (Å²) < 4.78 is 5.22. The van der Waals surface area contributed by atoms with Crippen molar-refractivity contribution < 1.29 is 9.53 Å². The van der Waals surface area contributed by atoms with E-state index in [2.05, 4.69) is 4.98 Å². The van der Waals surface area contributed by atoms with E-state index in [0.29, 0.717) is 28.9 Å². The zero-order valence-corrected chi connectivity index (χ0v) is 16.7. The van der Waals surface area contributed by atoms with Crippen LogP contribution in [-0.2, 0) is 13.1 Å². The van der Waals surface area contributed by atoms with Crippen molar-refractivity contribution >= 4 is 28.1 Å². The van der Waals surface area contributed by atoms with Crippen LogP contribution >= 0.6 is 11.3 Å². The molecule has 2 aromatic carbocycles. The molecule has 0 aliphatic rings. The topological polar surface area (TPSA) is 62.4 Å². The van der Waals surface area contributed by atoms with E-state index < -0.39 is 0 Å². The van der Waals surface area contributed by atoms with Crippen LogP contribution in [0.4, 0.5) is 0 Å². The van der Waals surface area contributed by atoms with Gasteiger partial charge in [0.1, 0.15) is 5.75 Å². The molecule has 6 heteroatoms. The molecule has 29 heavy (non-hydrogen) atoms. The van der Waals surface area contributed by atoms with Crippen molar-refractivity contribution in [2.24, 2.45) is 0 Å². The van der Waals surface area contributed by atoms with Crippen LogP contribution in [0.1, 0.15) is 20.8 Å². The second-order valence-corrected chi connectivity index (χ2v) is 7.72. The Hall–Kier alpha value is -3.38. The molecular formula is C23H20N2O3S. The number of thiophene rings is 1. The van der Waals surface area contributed by atoms with Crippen LogP contribution in [0.5, 0.6) is 5.75 Å². The number of pyridine rings is 1. The van der Waals surface area contributed by atoms with Gasteiger partial charge in [-0.1, -0.05) is 24.3 Å². The standard InChI is InChI=1S/C23H20N2O3S/c1-28-19-10-9-17-12-18(22(26)24-21(17)13-19)14-25(15-20-8-5-11-29-20)23(27)16-6-3-2-4-7-16/h2-13H,14-15H2,1H3,(H,24,26). The number of amides is 1. The molecule has 146 valence electrons. The zero-order chi connectivity index (χ0) is 20.2. The lowest BCUT2D eigenvalue weighted by atomic mass is 10.1. The van der Waals surface area contributed by atoms with E-state index in [1.807, 2.05) is 53.9 Å². The molecule has 1 amide bonds. The Morgan fingerprint density at radius 2 is 1.86 bits per heavy atom. The maximum Gasteiger partial charge on any atom is 0.254 e. The SMILES string of the molecule is COc1ccc2cc(CN(Cc3cccs3)C(=O)c3ccccc3)c(=O)[nH]c2c1. The van der Waals surface area contributed by atoms with Crippen LogP contribution in [0.2, 0.25) is 0 Å². The molecule has 4 aromatic rings. The van der Waals surface area contributed by atoms with Crippen molar-refractivity contribution in [3.05, 3.63) is 98.5 Å². The van der Waals surface area contributed by atoms with Gasteiger partial charge in [0.15, 0.2) is 0 Å². The summed E-state index contributed by atoms with van der Waals surface area (Å²) in [6, 6.07) is 20.5. The summed E-state index contributed by atoms with van der Waals surface area (Å²) in [4.78, 5) is 31.5. The van der Waals surface area contributed by atoms with E-state index in [9.17, 15) is 9.59 Å². The van der Waals surface area contributed by atoms with Crippen LogP contribution in [0.3, 0.4) is 0 Å². The highest BCUT2D eigenvalue weighted by Gasteiger charge is 2.18. The number of H-pyrrole nitrogens is 1. The van der Waals surface area contributed by atoms with E-state index in [1.165, 1.54) is 0 Å². The van der Waals surface area contributed by atoms with Gasteiger partial charge in [0.05, 0.1) is 25.7 Å². The molecule has 0 aliphatic heterocycles. The maximum atomic E-state index is 13.1. The van der Waals surface area contributed by atoms with E-state index >= 15 is 0 Å². The first kappa shape index (κ1) is 19.0. The number of benzene rings is 2. The second-order valence-electron chi connectivity index (χ2n) is 6.68. The molecule has 0 spiro atoms. The minimum atomic E-state index is -0.206. The van der Waals surface area contributed by atoms with Gasteiger partial charge in [-0.05, 0) is 47.2 Å². The van der Waals surface area contributed by atoms with Crippen molar-refractivity contribution in [1.82, 2.24) is 9.88 Å². The summed E-state index contributed by atoms with van der Waals surface area (Å²) in [7, 11) is 1.59. The Balaban J connectivity index is 1.69. The number of ether oxygens (including phenoxy) is 1. The number of nitrogens with one attached hydrogen (secondary N) is 1. The number of carbonyl (C=O) groups is 1. The first-order valence-corrected chi connectivity index (χ1v) is 10.1. The summed E-state index contributed by atoms with van der Waals surface area (Å²) in [5, 5.41) is 2.88. The number of hydrogen-bond acceptors (Lipinski definition) is 4. The first-order valence-electron chi connectivity index (χ1n) is 9.21. The van der Waals surface area contributed by atoms with E-state index in [1.54, 1.807) is 41.5 Å². The van der Waals surface area contributed by atoms with Gasteiger partial charge in [0.2, 0.25) is 0 Å². The van der Waals surface area contributed by atoms with E-state index in [0.717, 1.165) is 10.3 Å². The van der Waals surface area contributed by atoms with Crippen LogP contribution in [0, 0.1) is 0 Å². The molecule has 0 aliphatic carbocycles. The number of carbonyl (C=O) groups excluding carboxylic acids is 1. The molecule has 0 saturated carbocycles. The first-order chi connectivity index (χ1) is 14.1. The molecule has 0 bridgehead atoms. The number of aromatic nitrogens is 1. The quantitative estimate of drug-likeness (QED) is 0.517. The molecule has 5 nitrogen and oxygen atoms in total. The Morgan fingerprint density at radius 3 is 2.59 bits per heavy atom. The largest absolute Gasteiger partial charge is 0.497 e. The summed E-state index contributed by atoms with van der Waals surface area (Å²) in [6.07, 6.45) is 0. The molecule has 0 atom stereocenters. The minimum absolute atomic E-state index is 0.103. The molecule has 0 radical (unpaired) electrons. The van der Waals surface area contributed by atoms with Gasteiger partial charge >= 0.3 is 0 Å². The van der Waals surface area contributed by atoms with Crippen molar-refractivity contribution in [2.45, 2.75) is 13.1 Å². The van der Waals surface area contributed by atoms with Gasteiger partial charge < -0.3 is 14.6 Å². The fraction of sp³-hybridized carbons (Fsp3) is 0.130. The lowest BCUT2D eigenvalue weighted by Gasteiger charge is -2.22. The van der Waals surface area contributed by atoms with Crippen molar-refractivity contribution in [3.63, 3.8) is 0 Å². The average Bonchev–Trinajstić information content (AvgIpc) is 3.26. The fourth-order valence-electron chi connectivity index (χ4n) is 3.23. The number of aromatic amines is 1. The molecule has 1 N–H and O–H groups in total. The molecule has 0 saturated heterocycles. The Labute approximate surface area is 172 Å². The van der Waals surface area contributed by atoms with Crippen LogP contribution < -0.4 is 10.3 Å². The van der Waals surface area contributed by atoms with Crippen LogP contribution in [-0.4, -0.2) is 22.9 Å². The minimum Gasteiger partial charge on any atom is -0.497 e. The highest BCUT2D eigenvalue weighted by molar-refractivity contribution is 7.09. The highest BCUT2D eigenvalue weighted by Crippen LogP contribution is 2.20. The highest BCUT2D eigenvalue weighted by atomic mass is 32.1. The summed E-state index contributed by atoms with van der Waals surface area (Å²) in [5.41, 5.74) is 1.65. The second kappa shape index (κ2) is 8.32. The number of methoxy groups -OCH3 is 1. The van der Waals surface area contributed by atoms with E-state index in [-0.39, 0.29) is 18.0 Å². The number of rotatable bonds is 6. The lowest BCUT2D eigenvalue weighted by molar-refractivity contribution is 0.0731. The number of hydrogen-bond donors (Lipinski definition) is 1. The van der Waals surface area contributed by atoms with Crippen molar-refractivity contribution in [1.29, 1.82) is 0 Å². The Kier molecular flexibility index (Phi) is 5.44. The van der Waals surface area contributed by atoms with Gasteiger partial charge in [-0.25, -0.2) is 0 Å². The third kappa shape index (κ3) is 4.22. The summed E-state index contributed by atoms with van der Waals surface area (Å²) >= 11 is 1.59. The average molecular weight is 404 g/mol. The van der Waals surface area contributed by atoms with Crippen LogP contribution in [0.15, 0.2) is 76.9 Å². The Morgan fingerprint density at radius 1 is 1.03 bits per heavy atom. The van der Waals surface area contributed by atoms with E-state index in [4.69, 9.17) is 4.74 Å². The third-order valence-corrected chi connectivity index (χ3v) is 5.59. The molecule has 2 heterocycles. The predicted octanol–water partition coefficient (Wildman–Crippen LogP) is 4.44. The van der Waals surface area contributed by atoms with Crippen molar-refractivity contribution in [2.75, 3.05) is 7.11 Å². The van der Waals surface area contributed by atoms with Crippen molar-refractivity contribution in [3.8, 4) is 5.75 Å². The fourth-order valence-corrected chi connectivity index (χ4v) is 3.95. The number of nitrogens with zero attached hydrogens (tertiary/aromatic N) is 1. The molecule has 0 unspecified atom stereocenters. The lowest BCUT2D eigenvalue weighted by Crippen LogP contribution is -2.32. The molecule has 4 rings (SSSR count). The third-order valence-electron chi connectivity index (χ3n) is 4.73. The smallest absolute Gasteiger partial charge is 0.254 e. The molecule has 2 aromatic heterocycles. The Bertz CT molecular complexity index is 1180. The van der Waals surface area contributed by atoms with Gasteiger partial charge in [0, 0.05) is 22.1 Å². The molecule has 0 fully saturated rings. The maximum absolute atomic E-state index is 13.1.